The summed E-state index contributed by atoms with van der Waals surface area (Å²) < 4.78 is 5.77. The van der Waals surface area contributed by atoms with Gasteiger partial charge in [0.2, 0.25) is 0 Å². The molecular formula is C23H26Cl2N2O4. The van der Waals surface area contributed by atoms with E-state index >= 15 is 0 Å². The van der Waals surface area contributed by atoms with Crippen LogP contribution >= 0.6 is 23.2 Å². The van der Waals surface area contributed by atoms with Crippen LogP contribution in [0.2, 0.25) is 10.0 Å². The van der Waals surface area contributed by atoms with Crippen molar-refractivity contribution in [1.82, 2.24) is 9.88 Å². The first kappa shape index (κ1) is 22.3. The number of benzene rings is 1. The molecule has 3 heterocycles. The second-order valence-electron chi connectivity index (χ2n) is 8.38. The van der Waals surface area contributed by atoms with Crippen molar-refractivity contribution in [3.05, 3.63) is 66.0 Å². The fourth-order valence-electron chi connectivity index (χ4n) is 4.68. The van der Waals surface area contributed by atoms with E-state index in [1.807, 2.05) is 19.9 Å². The van der Waals surface area contributed by atoms with Crippen LogP contribution in [-0.2, 0) is 17.7 Å². The number of carbonyl (C=O) groups is 1. The molecule has 0 aliphatic carbocycles. The van der Waals surface area contributed by atoms with Crippen LogP contribution in [0.25, 0.3) is 0 Å². The maximum Gasteiger partial charge on any atom is 0.256 e. The minimum Gasteiger partial charge on any atom is -0.396 e. The number of pyridine rings is 1. The van der Waals surface area contributed by atoms with E-state index in [2.05, 4.69) is 4.98 Å². The number of nitrogens with one attached hydrogen (secondary N) is 1. The summed E-state index contributed by atoms with van der Waals surface area (Å²) in [6.07, 6.45) is 2.15. The van der Waals surface area contributed by atoms with E-state index in [1.54, 1.807) is 11.0 Å². The number of hydrogen-bond acceptors (Lipinski definition) is 4. The smallest absolute Gasteiger partial charge is 0.256 e. The van der Waals surface area contributed by atoms with E-state index in [-0.39, 0.29) is 36.6 Å². The lowest BCUT2D eigenvalue weighted by Crippen LogP contribution is -2.39. The fourth-order valence-corrected chi connectivity index (χ4v) is 5.38. The second-order valence-corrected chi connectivity index (χ2v) is 9.16. The van der Waals surface area contributed by atoms with Crippen molar-refractivity contribution in [2.45, 2.75) is 51.7 Å². The van der Waals surface area contributed by atoms with Gasteiger partial charge in [-0.15, -0.1) is 0 Å². The highest BCUT2D eigenvalue weighted by Crippen LogP contribution is 2.40. The normalized spacial score (nSPS) is 19.6. The number of hydrogen-bond donors (Lipinski definition) is 2. The molecule has 1 amide bonds. The molecule has 2 aliphatic heterocycles. The lowest BCUT2D eigenvalue weighted by molar-refractivity contribution is 0.0665. The van der Waals surface area contributed by atoms with E-state index in [4.69, 9.17) is 27.9 Å². The zero-order valence-electron chi connectivity index (χ0n) is 17.6. The first-order valence-corrected chi connectivity index (χ1v) is 11.3. The molecule has 0 radical (unpaired) electrons. The molecule has 6 nitrogen and oxygen atoms in total. The van der Waals surface area contributed by atoms with Gasteiger partial charge in [-0.2, -0.15) is 0 Å². The Kier molecular flexibility index (Phi) is 6.44. The van der Waals surface area contributed by atoms with Gasteiger partial charge >= 0.3 is 0 Å². The second kappa shape index (κ2) is 8.94. The maximum absolute atomic E-state index is 13.4. The topological polar surface area (TPSA) is 82.6 Å². The van der Waals surface area contributed by atoms with Crippen molar-refractivity contribution in [2.75, 3.05) is 19.8 Å². The summed E-state index contributed by atoms with van der Waals surface area (Å²) in [4.78, 5) is 30.3. The third-order valence-electron chi connectivity index (χ3n) is 6.33. The minimum atomic E-state index is -0.344. The Balaban J connectivity index is 1.71. The summed E-state index contributed by atoms with van der Waals surface area (Å²) in [6, 6.07) is 3.66. The van der Waals surface area contributed by atoms with Crippen LogP contribution in [0.5, 0.6) is 0 Å². The SMILES string of the molecule is Cc1cc(C)c(CN2CCc3c(Cl)cc(C(CO)C4CCCO4)c(Cl)c3C2=O)c(=O)[nH]1. The first-order chi connectivity index (χ1) is 14.8. The number of fused-ring (bicyclic) bond motifs is 1. The highest BCUT2D eigenvalue weighted by molar-refractivity contribution is 6.37. The molecule has 2 aromatic rings. The highest BCUT2D eigenvalue weighted by Gasteiger charge is 2.35. The predicted molar refractivity (Wildman–Crippen MR) is 120 cm³/mol. The summed E-state index contributed by atoms with van der Waals surface area (Å²) in [5.74, 6) is -0.596. The molecule has 31 heavy (non-hydrogen) atoms. The molecular weight excluding hydrogens is 439 g/mol. The number of aromatic nitrogens is 1. The number of aliphatic hydroxyl groups is 1. The largest absolute Gasteiger partial charge is 0.396 e. The average Bonchev–Trinajstić information content (AvgIpc) is 3.24. The van der Waals surface area contributed by atoms with Crippen LogP contribution in [-0.4, -0.2) is 46.8 Å². The lowest BCUT2D eigenvalue weighted by Gasteiger charge is -2.32. The number of amides is 1. The van der Waals surface area contributed by atoms with Gasteiger partial charge in [-0.3, -0.25) is 9.59 Å². The van der Waals surface area contributed by atoms with Gasteiger partial charge in [0.15, 0.2) is 0 Å². The number of carbonyl (C=O) groups excluding carboxylic acids is 1. The molecule has 2 atom stereocenters. The van der Waals surface area contributed by atoms with Gasteiger partial charge in [-0.25, -0.2) is 0 Å². The van der Waals surface area contributed by atoms with E-state index in [9.17, 15) is 14.7 Å². The van der Waals surface area contributed by atoms with Crippen molar-refractivity contribution < 1.29 is 14.6 Å². The molecule has 2 unspecified atom stereocenters. The molecule has 0 spiro atoms. The minimum absolute atomic E-state index is 0.144. The van der Waals surface area contributed by atoms with Crippen molar-refractivity contribution in [3.63, 3.8) is 0 Å². The molecule has 166 valence electrons. The van der Waals surface area contributed by atoms with E-state index in [0.29, 0.717) is 46.3 Å². The number of ether oxygens (including phenoxy) is 1. The number of H-pyrrole nitrogens is 1. The third kappa shape index (κ3) is 4.14. The van der Waals surface area contributed by atoms with Crippen LogP contribution in [0, 0.1) is 13.8 Å². The highest BCUT2D eigenvalue weighted by atomic mass is 35.5. The molecule has 1 aromatic carbocycles. The number of nitrogens with zero attached hydrogens (tertiary/aromatic N) is 1. The number of aromatic amines is 1. The standard InChI is InChI=1S/C23H26Cl2N2O4/c1-12-8-13(2)26-22(29)16(12)10-27-6-5-14-18(24)9-15(21(25)20(14)23(27)30)17(11-28)19-4-3-7-31-19/h8-9,17,19,28H,3-7,10-11H2,1-2H3,(H,26,29). The molecule has 0 saturated carbocycles. The van der Waals surface area contributed by atoms with Gasteiger partial charge < -0.3 is 19.7 Å². The Hall–Kier alpha value is -1.86. The fraction of sp³-hybridized carbons (Fsp3) is 0.478. The Bertz CT molecular complexity index is 1080. The molecule has 4 rings (SSSR count). The summed E-state index contributed by atoms with van der Waals surface area (Å²) in [5.41, 5.74) is 3.73. The van der Waals surface area contributed by atoms with Gasteiger partial charge in [-0.1, -0.05) is 23.2 Å². The van der Waals surface area contributed by atoms with Gasteiger partial charge in [0.25, 0.3) is 11.5 Å². The van der Waals surface area contributed by atoms with E-state index in [0.717, 1.165) is 29.7 Å². The summed E-state index contributed by atoms with van der Waals surface area (Å²) in [6.45, 7) is 4.85. The van der Waals surface area contributed by atoms with Gasteiger partial charge in [0.1, 0.15) is 0 Å². The van der Waals surface area contributed by atoms with Crippen LogP contribution in [0.4, 0.5) is 0 Å². The van der Waals surface area contributed by atoms with Gasteiger partial charge in [-0.05, 0) is 61.9 Å². The Labute approximate surface area is 191 Å². The number of aliphatic hydroxyl groups excluding tert-OH is 1. The van der Waals surface area contributed by atoms with Crippen molar-refractivity contribution in [1.29, 1.82) is 0 Å². The number of aryl methyl sites for hydroxylation is 2. The Morgan fingerprint density at radius 2 is 2.06 bits per heavy atom. The zero-order chi connectivity index (χ0) is 22.3. The van der Waals surface area contributed by atoms with Crippen molar-refractivity contribution >= 4 is 29.1 Å². The van der Waals surface area contributed by atoms with Crippen LogP contribution in [0.3, 0.4) is 0 Å². The maximum atomic E-state index is 13.4. The summed E-state index contributed by atoms with van der Waals surface area (Å²) >= 11 is 13.3. The Morgan fingerprint density at radius 1 is 1.29 bits per heavy atom. The monoisotopic (exact) mass is 464 g/mol. The first-order valence-electron chi connectivity index (χ1n) is 10.5. The summed E-state index contributed by atoms with van der Waals surface area (Å²) in [5, 5.41) is 10.8. The zero-order valence-corrected chi connectivity index (χ0v) is 19.1. The lowest BCUT2D eigenvalue weighted by atomic mass is 9.87. The molecule has 1 aromatic heterocycles. The van der Waals surface area contributed by atoms with Crippen LogP contribution in [0.1, 0.15) is 57.1 Å². The average molecular weight is 465 g/mol. The van der Waals surface area contributed by atoms with Crippen LogP contribution < -0.4 is 5.56 Å². The summed E-state index contributed by atoms with van der Waals surface area (Å²) in [7, 11) is 0. The molecule has 1 saturated heterocycles. The quantitative estimate of drug-likeness (QED) is 0.705. The number of halogens is 2. The Morgan fingerprint density at radius 3 is 2.71 bits per heavy atom. The third-order valence-corrected chi connectivity index (χ3v) is 7.08. The predicted octanol–water partition coefficient (Wildman–Crippen LogP) is 3.75. The van der Waals surface area contributed by atoms with Crippen LogP contribution in [0.15, 0.2) is 16.9 Å². The molecule has 2 N–H and O–H groups in total. The van der Waals surface area contributed by atoms with Gasteiger partial charge in [0.05, 0.1) is 29.8 Å². The number of rotatable bonds is 5. The van der Waals surface area contributed by atoms with Gasteiger partial charge in [0, 0.05) is 35.3 Å². The van der Waals surface area contributed by atoms with E-state index in [1.165, 1.54) is 0 Å². The molecule has 1 fully saturated rings. The molecule has 0 bridgehead atoms. The molecule has 8 heteroatoms. The van der Waals surface area contributed by atoms with Crippen molar-refractivity contribution in [3.8, 4) is 0 Å². The van der Waals surface area contributed by atoms with Crippen molar-refractivity contribution in [2.24, 2.45) is 0 Å². The molecule has 2 aliphatic rings. The van der Waals surface area contributed by atoms with E-state index < -0.39 is 0 Å².